The van der Waals surface area contributed by atoms with Crippen LogP contribution < -0.4 is 5.32 Å². The van der Waals surface area contributed by atoms with E-state index < -0.39 is 30.6 Å². The minimum atomic E-state index is -1.50. The Morgan fingerprint density at radius 2 is 1.80 bits per heavy atom. The fourth-order valence-corrected chi connectivity index (χ4v) is 8.82. The van der Waals surface area contributed by atoms with Gasteiger partial charge in [0.25, 0.3) is 5.91 Å². The first kappa shape index (κ1) is 28.5. The van der Waals surface area contributed by atoms with E-state index in [2.05, 4.69) is 30.4 Å². The molecule has 5 rings (SSSR count). The summed E-state index contributed by atoms with van der Waals surface area (Å²) in [6.45, 7) is 6.13. The summed E-state index contributed by atoms with van der Waals surface area (Å²) in [5.74, 6) is 0.502. The van der Waals surface area contributed by atoms with E-state index in [9.17, 15) is 24.6 Å². The molecule has 0 saturated heterocycles. The topological polar surface area (TPSA) is 125 Å². The van der Waals surface area contributed by atoms with E-state index in [1.165, 1.54) is 12.0 Å². The molecule has 1 aromatic rings. The summed E-state index contributed by atoms with van der Waals surface area (Å²) >= 11 is 0. The number of aliphatic hydroxyl groups excluding tert-OH is 1. The molecule has 0 radical (unpaired) electrons. The predicted octanol–water partition coefficient (Wildman–Crippen LogP) is 4.83. The lowest BCUT2D eigenvalue weighted by atomic mass is 9.46. The number of ketones is 1. The number of carbonyl (C=O) groups is 3. The number of rotatable bonds is 8. The van der Waals surface area contributed by atoms with Crippen molar-refractivity contribution in [2.45, 2.75) is 84.3 Å². The molecule has 0 unspecified atom stereocenters. The number of carboxylic acid groups (broad SMARTS) is 1. The highest BCUT2D eigenvalue weighted by Gasteiger charge is 2.59. The molecule has 3 fully saturated rings. The summed E-state index contributed by atoms with van der Waals surface area (Å²) in [7, 11) is 0. The summed E-state index contributed by atoms with van der Waals surface area (Å²) in [4.78, 5) is 41.9. The van der Waals surface area contributed by atoms with Gasteiger partial charge in [0.15, 0.2) is 12.6 Å². The first-order valence-electron chi connectivity index (χ1n) is 14.7. The van der Waals surface area contributed by atoms with Crippen molar-refractivity contribution in [2.75, 3.05) is 6.61 Å². The number of aliphatic hydroxyl groups is 1. The Morgan fingerprint density at radius 3 is 2.50 bits per heavy atom. The summed E-state index contributed by atoms with van der Waals surface area (Å²) in [5.41, 5.74) is 2.88. The van der Waals surface area contributed by atoms with Crippen LogP contribution in [0.5, 0.6) is 0 Å². The van der Waals surface area contributed by atoms with Gasteiger partial charge in [-0.3, -0.25) is 9.59 Å². The number of oxime groups is 1. The number of amides is 1. The Kier molecular flexibility index (Phi) is 7.92. The van der Waals surface area contributed by atoms with E-state index in [4.69, 9.17) is 4.84 Å². The lowest BCUT2D eigenvalue weighted by Gasteiger charge is -2.58. The van der Waals surface area contributed by atoms with Crippen LogP contribution in [0.15, 0.2) is 47.1 Å². The molecule has 0 heterocycles. The zero-order valence-corrected chi connectivity index (χ0v) is 23.8. The Morgan fingerprint density at radius 1 is 1.05 bits per heavy atom. The van der Waals surface area contributed by atoms with Gasteiger partial charge in [-0.1, -0.05) is 54.9 Å². The van der Waals surface area contributed by atoms with Gasteiger partial charge in [-0.05, 0) is 98.5 Å². The lowest BCUT2D eigenvalue weighted by molar-refractivity contribution is -0.146. The molecule has 8 nitrogen and oxygen atoms in total. The van der Waals surface area contributed by atoms with Gasteiger partial charge in [0.1, 0.15) is 11.9 Å². The van der Waals surface area contributed by atoms with Crippen molar-refractivity contribution in [3.8, 4) is 0 Å². The maximum atomic E-state index is 12.4. The molecule has 0 bridgehead atoms. The van der Waals surface area contributed by atoms with Crippen molar-refractivity contribution < 1.29 is 29.4 Å². The number of carbonyl (C=O) groups excluding carboxylic acids is 2. The molecular formula is C32H42N2O6. The van der Waals surface area contributed by atoms with E-state index in [1.54, 1.807) is 37.3 Å². The third-order valence-corrected chi connectivity index (χ3v) is 10.9. The van der Waals surface area contributed by atoms with Crippen molar-refractivity contribution >= 4 is 23.4 Å². The third kappa shape index (κ3) is 5.11. The highest BCUT2D eigenvalue weighted by molar-refractivity contribution is 5.96. The molecule has 3 saturated carbocycles. The predicted molar refractivity (Wildman–Crippen MR) is 150 cm³/mol. The molecule has 8 atom stereocenters. The molecule has 216 valence electrons. The van der Waals surface area contributed by atoms with Gasteiger partial charge >= 0.3 is 5.97 Å². The van der Waals surface area contributed by atoms with Crippen LogP contribution in [0.4, 0.5) is 0 Å². The van der Waals surface area contributed by atoms with Crippen molar-refractivity contribution in [3.63, 3.8) is 0 Å². The fraction of sp³-hybridized carbons (Fsp3) is 0.625. The maximum Gasteiger partial charge on any atom is 0.329 e. The molecule has 1 amide bonds. The van der Waals surface area contributed by atoms with Gasteiger partial charge in [-0.2, -0.15) is 0 Å². The second-order valence-electron chi connectivity index (χ2n) is 12.9. The van der Waals surface area contributed by atoms with Crippen LogP contribution in [0.25, 0.3) is 0 Å². The average Bonchev–Trinajstić information content (AvgIpc) is 3.29. The van der Waals surface area contributed by atoms with Gasteiger partial charge in [-0.15, -0.1) is 0 Å². The number of aliphatic carboxylic acids is 1. The number of nitrogens with one attached hydrogen (secondary N) is 1. The van der Waals surface area contributed by atoms with Crippen molar-refractivity contribution in [1.82, 2.24) is 5.32 Å². The van der Waals surface area contributed by atoms with E-state index >= 15 is 0 Å². The second-order valence-corrected chi connectivity index (χ2v) is 12.9. The van der Waals surface area contributed by atoms with E-state index in [1.807, 2.05) is 0 Å². The Labute approximate surface area is 236 Å². The summed E-state index contributed by atoms with van der Waals surface area (Å²) in [6, 6.07) is 6.86. The van der Waals surface area contributed by atoms with Crippen molar-refractivity contribution in [3.05, 3.63) is 47.5 Å². The SMILES string of the molecule is CC(=O)[C@@H]1CC[C@@H]2[C@@H]3CCC4=C/C(=N\OCC(=O)N[C@H](C(=O)O)[C@H](O)c5ccccc5)CC[C@]4(C)[C@H]3CC[C@@]21C. The minimum Gasteiger partial charge on any atom is -0.480 e. The van der Waals surface area contributed by atoms with Gasteiger partial charge in [0, 0.05) is 5.92 Å². The first-order chi connectivity index (χ1) is 19.0. The zero-order valence-electron chi connectivity index (χ0n) is 23.8. The van der Waals surface area contributed by atoms with Gasteiger partial charge < -0.3 is 20.4 Å². The van der Waals surface area contributed by atoms with Crippen LogP contribution in [0, 0.1) is 34.5 Å². The average molecular weight is 551 g/mol. The largest absolute Gasteiger partial charge is 0.480 e. The molecule has 4 aliphatic carbocycles. The monoisotopic (exact) mass is 550 g/mol. The summed E-state index contributed by atoms with van der Waals surface area (Å²) in [5, 5.41) is 26.6. The maximum absolute atomic E-state index is 12.4. The molecule has 40 heavy (non-hydrogen) atoms. The fourth-order valence-electron chi connectivity index (χ4n) is 8.82. The minimum absolute atomic E-state index is 0.122. The van der Waals surface area contributed by atoms with E-state index in [-0.39, 0.29) is 16.7 Å². The van der Waals surface area contributed by atoms with Crippen LogP contribution in [0.1, 0.15) is 83.8 Å². The Hall–Kier alpha value is -3.00. The Balaban J connectivity index is 1.20. The molecule has 1 aromatic carbocycles. The molecule has 0 aromatic heterocycles. The second kappa shape index (κ2) is 11.1. The number of fused-ring (bicyclic) bond motifs is 5. The standard InChI is InChI=1S/C32H42N2O6/c1-19(35)24-11-12-25-23-10-9-21-17-22(13-15-31(21,2)26(23)14-16-32(24,25)3)34-40-18-27(36)33-28(30(38)39)29(37)20-7-5-4-6-8-20/h4-8,17,23-26,28-29,37H,9-16,18H2,1-3H3,(H,33,36)(H,38,39)/b34-22-/t23-,24-,25+,26-,28-,29+,31-,32+/m0/s1. The van der Waals surface area contributed by atoms with E-state index in [0.29, 0.717) is 29.1 Å². The molecule has 0 aliphatic heterocycles. The number of benzene rings is 1. The van der Waals surface area contributed by atoms with Crippen LogP contribution in [-0.2, 0) is 19.2 Å². The third-order valence-electron chi connectivity index (χ3n) is 10.9. The van der Waals surface area contributed by atoms with Gasteiger partial charge in [0.2, 0.25) is 0 Å². The van der Waals surface area contributed by atoms with Crippen LogP contribution in [0.2, 0.25) is 0 Å². The summed E-state index contributed by atoms with van der Waals surface area (Å²) < 4.78 is 0. The number of carboxylic acids is 1. The van der Waals surface area contributed by atoms with Crippen LogP contribution in [0.3, 0.4) is 0 Å². The number of hydrogen-bond acceptors (Lipinski definition) is 6. The van der Waals surface area contributed by atoms with Crippen LogP contribution in [-0.4, -0.2) is 46.2 Å². The molecular weight excluding hydrogens is 508 g/mol. The van der Waals surface area contributed by atoms with E-state index in [0.717, 1.165) is 50.7 Å². The van der Waals surface area contributed by atoms with Gasteiger partial charge in [-0.25, -0.2) is 4.79 Å². The molecule has 0 spiro atoms. The van der Waals surface area contributed by atoms with Crippen molar-refractivity contribution in [2.24, 2.45) is 39.7 Å². The number of Topliss-reactive ketones (excluding diaryl/α,β-unsaturated/α-hetero) is 1. The Bertz CT molecular complexity index is 1210. The number of allylic oxidation sites excluding steroid dienone is 2. The quantitative estimate of drug-likeness (QED) is 0.398. The first-order valence-corrected chi connectivity index (χ1v) is 14.7. The number of hydrogen-bond donors (Lipinski definition) is 3. The molecule has 3 N–H and O–H groups in total. The smallest absolute Gasteiger partial charge is 0.329 e. The molecule has 8 heteroatoms. The lowest BCUT2D eigenvalue weighted by Crippen LogP contribution is -2.51. The number of nitrogens with zero attached hydrogens (tertiary/aromatic N) is 1. The van der Waals surface area contributed by atoms with Gasteiger partial charge in [0.05, 0.1) is 5.71 Å². The summed E-state index contributed by atoms with van der Waals surface area (Å²) in [6.07, 6.45) is 9.17. The highest BCUT2D eigenvalue weighted by atomic mass is 16.6. The zero-order chi connectivity index (χ0) is 28.7. The highest BCUT2D eigenvalue weighted by Crippen LogP contribution is 2.66. The van der Waals surface area contributed by atoms with Crippen molar-refractivity contribution in [1.29, 1.82) is 0 Å². The molecule has 4 aliphatic rings. The van der Waals surface area contributed by atoms with Crippen LogP contribution >= 0.6 is 0 Å². The normalized spacial score (nSPS) is 35.4.